The van der Waals surface area contributed by atoms with Crippen LogP contribution in [0, 0.1) is 0 Å². The molecule has 13 heavy (non-hydrogen) atoms. The van der Waals surface area contributed by atoms with E-state index in [9.17, 15) is 4.79 Å². The fraction of sp³-hybridized carbons (Fsp3) is 0.625. The lowest BCUT2D eigenvalue weighted by Crippen LogP contribution is -2.34. The molecular formula is C8H15NO4. The molecule has 0 bridgehead atoms. The molecule has 76 valence electrons. The third-order valence-corrected chi connectivity index (χ3v) is 1.27. The fourth-order valence-electron chi connectivity index (χ4n) is 0.615. The van der Waals surface area contributed by atoms with E-state index >= 15 is 0 Å². The van der Waals surface area contributed by atoms with Gasteiger partial charge in [0, 0.05) is 14.2 Å². The number of alkyl carbamates (subject to hydrolysis) is 1. The molecule has 0 saturated heterocycles. The Kier molecular flexibility index (Phi) is 6.95. The highest BCUT2D eigenvalue weighted by atomic mass is 16.7. The van der Waals surface area contributed by atoms with Crippen molar-refractivity contribution in [3.63, 3.8) is 0 Å². The van der Waals surface area contributed by atoms with Crippen molar-refractivity contribution in [2.75, 3.05) is 27.4 Å². The molecule has 5 nitrogen and oxygen atoms in total. The van der Waals surface area contributed by atoms with Crippen molar-refractivity contribution in [1.82, 2.24) is 5.32 Å². The van der Waals surface area contributed by atoms with E-state index in [-0.39, 0.29) is 13.2 Å². The molecule has 0 aliphatic heterocycles. The second-order valence-electron chi connectivity index (χ2n) is 2.17. The predicted octanol–water partition coefficient (Wildman–Crippen LogP) is 0.517. The van der Waals surface area contributed by atoms with Gasteiger partial charge < -0.3 is 19.5 Å². The Balaban J connectivity index is 3.49. The molecule has 1 N–H and O–H groups in total. The van der Waals surface area contributed by atoms with Gasteiger partial charge in [-0.1, -0.05) is 12.7 Å². The van der Waals surface area contributed by atoms with Gasteiger partial charge in [0.15, 0.2) is 6.29 Å². The highest BCUT2D eigenvalue weighted by Gasteiger charge is 2.07. The Morgan fingerprint density at radius 2 is 2.15 bits per heavy atom. The van der Waals surface area contributed by atoms with Crippen LogP contribution in [0.25, 0.3) is 0 Å². The van der Waals surface area contributed by atoms with Crippen LogP contribution >= 0.6 is 0 Å². The highest BCUT2D eigenvalue weighted by Crippen LogP contribution is 1.88. The van der Waals surface area contributed by atoms with E-state index in [4.69, 9.17) is 9.47 Å². The molecule has 0 aromatic heterocycles. The molecule has 5 heteroatoms. The molecule has 0 atom stereocenters. The second kappa shape index (κ2) is 7.57. The number of hydrogen-bond donors (Lipinski definition) is 1. The zero-order chi connectivity index (χ0) is 10.1. The number of ether oxygens (including phenoxy) is 3. The van der Waals surface area contributed by atoms with Crippen LogP contribution in [0.15, 0.2) is 12.7 Å². The number of methoxy groups -OCH3 is 2. The first-order valence-electron chi connectivity index (χ1n) is 3.81. The molecule has 0 aromatic carbocycles. The van der Waals surface area contributed by atoms with Crippen molar-refractivity contribution in [2.45, 2.75) is 6.29 Å². The van der Waals surface area contributed by atoms with E-state index < -0.39 is 12.4 Å². The minimum absolute atomic E-state index is 0.191. The molecular weight excluding hydrogens is 174 g/mol. The van der Waals surface area contributed by atoms with E-state index in [2.05, 4.69) is 16.6 Å². The lowest BCUT2D eigenvalue weighted by atomic mass is 10.6. The Morgan fingerprint density at radius 3 is 2.62 bits per heavy atom. The minimum atomic E-state index is -0.515. The molecule has 0 radical (unpaired) electrons. The Hall–Kier alpha value is -1.07. The van der Waals surface area contributed by atoms with Crippen LogP contribution in [-0.4, -0.2) is 39.8 Å². The van der Waals surface area contributed by atoms with Crippen LogP contribution in [0.1, 0.15) is 0 Å². The van der Waals surface area contributed by atoms with Gasteiger partial charge in [-0.25, -0.2) is 4.79 Å². The number of nitrogens with one attached hydrogen (secondary N) is 1. The van der Waals surface area contributed by atoms with Crippen molar-refractivity contribution in [3.05, 3.63) is 12.7 Å². The average molecular weight is 189 g/mol. The van der Waals surface area contributed by atoms with E-state index in [1.54, 1.807) is 0 Å². The summed E-state index contributed by atoms with van der Waals surface area (Å²) in [6.07, 6.45) is 0.527. The third-order valence-electron chi connectivity index (χ3n) is 1.27. The zero-order valence-electron chi connectivity index (χ0n) is 7.91. The molecule has 1 amide bonds. The van der Waals surface area contributed by atoms with E-state index in [1.165, 1.54) is 20.3 Å². The Morgan fingerprint density at radius 1 is 1.54 bits per heavy atom. The van der Waals surface area contributed by atoms with Crippen LogP contribution in [0.3, 0.4) is 0 Å². The molecule has 0 spiro atoms. The van der Waals surface area contributed by atoms with Crippen molar-refractivity contribution >= 4 is 6.09 Å². The first-order valence-corrected chi connectivity index (χ1v) is 3.81. The van der Waals surface area contributed by atoms with Crippen LogP contribution < -0.4 is 5.32 Å². The highest BCUT2D eigenvalue weighted by molar-refractivity contribution is 5.67. The topological polar surface area (TPSA) is 56.8 Å². The number of carbonyl (C=O) groups excluding carboxylic acids is 1. The van der Waals surface area contributed by atoms with E-state index in [0.717, 1.165) is 0 Å². The van der Waals surface area contributed by atoms with Crippen LogP contribution in [0.4, 0.5) is 4.79 Å². The third kappa shape index (κ3) is 6.12. The average Bonchev–Trinajstić information content (AvgIpc) is 2.16. The van der Waals surface area contributed by atoms with Crippen LogP contribution in [0.5, 0.6) is 0 Å². The fourth-order valence-corrected chi connectivity index (χ4v) is 0.615. The molecule has 0 saturated carbocycles. The number of carbonyl (C=O) groups is 1. The monoisotopic (exact) mass is 189 g/mol. The molecule has 0 fully saturated rings. The molecule has 0 aliphatic rings. The second-order valence-corrected chi connectivity index (χ2v) is 2.17. The van der Waals surface area contributed by atoms with Gasteiger partial charge in [-0.15, -0.1) is 0 Å². The summed E-state index contributed by atoms with van der Waals surface area (Å²) >= 11 is 0. The first-order chi connectivity index (χ1) is 6.24. The molecule has 0 unspecified atom stereocenters. The summed E-state index contributed by atoms with van der Waals surface area (Å²) in [5.41, 5.74) is 0. The summed E-state index contributed by atoms with van der Waals surface area (Å²) in [5, 5.41) is 2.46. The van der Waals surface area contributed by atoms with Gasteiger partial charge in [0.1, 0.15) is 6.61 Å². The van der Waals surface area contributed by atoms with Crippen LogP contribution in [0.2, 0.25) is 0 Å². The Bertz CT molecular complexity index is 156. The summed E-state index contributed by atoms with van der Waals surface area (Å²) in [5.74, 6) is 0. The van der Waals surface area contributed by atoms with Crippen LogP contribution in [-0.2, 0) is 14.2 Å². The number of amides is 1. The van der Waals surface area contributed by atoms with Gasteiger partial charge in [-0.3, -0.25) is 0 Å². The Labute approximate surface area is 77.7 Å². The summed E-state index contributed by atoms with van der Waals surface area (Å²) < 4.78 is 14.3. The van der Waals surface area contributed by atoms with Gasteiger partial charge >= 0.3 is 6.09 Å². The van der Waals surface area contributed by atoms with Gasteiger partial charge in [-0.05, 0) is 0 Å². The molecule has 0 aliphatic carbocycles. The van der Waals surface area contributed by atoms with Crippen molar-refractivity contribution < 1.29 is 19.0 Å². The maximum absolute atomic E-state index is 10.8. The number of rotatable bonds is 6. The quantitative estimate of drug-likeness (QED) is 0.489. The van der Waals surface area contributed by atoms with Gasteiger partial charge in [0.25, 0.3) is 0 Å². The summed E-state index contributed by atoms with van der Waals surface area (Å²) in [6.45, 7) is 3.85. The normalized spacial score (nSPS) is 9.77. The van der Waals surface area contributed by atoms with Crippen molar-refractivity contribution in [1.29, 1.82) is 0 Å². The minimum Gasteiger partial charge on any atom is -0.445 e. The van der Waals surface area contributed by atoms with Gasteiger partial charge in [0.05, 0.1) is 6.54 Å². The predicted molar refractivity (Wildman–Crippen MR) is 47.4 cm³/mol. The lowest BCUT2D eigenvalue weighted by Gasteiger charge is -2.13. The standard InChI is InChI=1S/C8H15NO4/c1-4-5-13-8(10)9-6-7(11-2)12-3/h4,7H,1,5-6H2,2-3H3,(H,9,10). The van der Waals surface area contributed by atoms with E-state index in [1.807, 2.05) is 0 Å². The van der Waals surface area contributed by atoms with Crippen molar-refractivity contribution in [2.24, 2.45) is 0 Å². The summed E-state index contributed by atoms with van der Waals surface area (Å²) in [4.78, 5) is 10.8. The van der Waals surface area contributed by atoms with Gasteiger partial charge in [-0.2, -0.15) is 0 Å². The maximum Gasteiger partial charge on any atom is 0.407 e. The van der Waals surface area contributed by atoms with Crippen molar-refractivity contribution in [3.8, 4) is 0 Å². The van der Waals surface area contributed by atoms with E-state index in [0.29, 0.717) is 0 Å². The molecule has 0 aromatic rings. The van der Waals surface area contributed by atoms with Gasteiger partial charge in [0.2, 0.25) is 0 Å². The zero-order valence-corrected chi connectivity index (χ0v) is 7.91. The first kappa shape index (κ1) is 11.9. The largest absolute Gasteiger partial charge is 0.445 e. The molecule has 0 rings (SSSR count). The number of hydrogen-bond acceptors (Lipinski definition) is 4. The smallest absolute Gasteiger partial charge is 0.407 e. The molecule has 0 heterocycles. The summed E-state index contributed by atoms with van der Waals surface area (Å²) in [6, 6.07) is 0. The lowest BCUT2D eigenvalue weighted by molar-refractivity contribution is -0.0979. The maximum atomic E-state index is 10.8. The SMILES string of the molecule is C=CCOC(=O)NCC(OC)OC. The summed E-state index contributed by atoms with van der Waals surface area (Å²) in [7, 11) is 2.98.